The standard InChI is InChI=1S/C14H28N2/c1-4-11(3)10-16(5-2)14-8-12-6-7-13(9-14)15-12/h11-15H,4-10H2,1-3H3. The Morgan fingerprint density at radius 3 is 2.31 bits per heavy atom. The first-order valence-electron chi connectivity index (χ1n) is 7.23. The van der Waals surface area contributed by atoms with Crippen molar-refractivity contribution >= 4 is 0 Å². The highest BCUT2D eigenvalue weighted by atomic mass is 15.2. The lowest BCUT2D eigenvalue weighted by molar-refractivity contribution is 0.129. The smallest absolute Gasteiger partial charge is 0.0125 e. The number of fused-ring (bicyclic) bond motifs is 2. The molecule has 2 aliphatic rings. The van der Waals surface area contributed by atoms with Crippen LogP contribution in [0, 0.1) is 5.92 Å². The highest BCUT2D eigenvalue weighted by Crippen LogP contribution is 2.30. The Morgan fingerprint density at radius 2 is 1.81 bits per heavy atom. The Hall–Kier alpha value is -0.0800. The fourth-order valence-electron chi connectivity index (χ4n) is 3.39. The molecule has 2 fully saturated rings. The molecule has 2 heteroatoms. The topological polar surface area (TPSA) is 15.3 Å². The number of piperidine rings is 1. The van der Waals surface area contributed by atoms with Gasteiger partial charge < -0.3 is 10.2 Å². The van der Waals surface area contributed by atoms with Crippen molar-refractivity contribution < 1.29 is 0 Å². The zero-order chi connectivity index (χ0) is 11.5. The van der Waals surface area contributed by atoms with Gasteiger partial charge in [0.15, 0.2) is 0 Å². The predicted molar refractivity (Wildman–Crippen MR) is 69.7 cm³/mol. The molecule has 0 saturated carbocycles. The molecule has 2 aliphatic heterocycles. The molecule has 2 saturated heterocycles. The van der Waals surface area contributed by atoms with E-state index in [0.717, 1.165) is 24.0 Å². The predicted octanol–water partition coefficient (Wildman–Crippen LogP) is 2.64. The summed E-state index contributed by atoms with van der Waals surface area (Å²) < 4.78 is 0. The van der Waals surface area contributed by atoms with Crippen LogP contribution in [0.4, 0.5) is 0 Å². The van der Waals surface area contributed by atoms with Gasteiger partial charge >= 0.3 is 0 Å². The van der Waals surface area contributed by atoms with E-state index in [2.05, 4.69) is 31.0 Å². The molecule has 0 radical (unpaired) electrons. The third kappa shape index (κ3) is 2.78. The van der Waals surface area contributed by atoms with Crippen molar-refractivity contribution in [3.8, 4) is 0 Å². The molecule has 2 nitrogen and oxygen atoms in total. The van der Waals surface area contributed by atoms with E-state index in [0.29, 0.717) is 0 Å². The van der Waals surface area contributed by atoms with Crippen molar-refractivity contribution in [2.45, 2.75) is 71.0 Å². The molecule has 1 N–H and O–H groups in total. The second kappa shape index (κ2) is 5.50. The zero-order valence-corrected chi connectivity index (χ0v) is 11.2. The molecule has 2 bridgehead atoms. The average Bonchev–Trinajstić information content (AvgIpc) is 2.64. The quantitative estimate of drug-likeness (QED) is 0.772. The fourth-order valence-corrected chi connectivity index (χ4v) is 3.39. The van der Waals surface area contributed by atoms with Crippen LogP contribution in [0.5, 0.6) is 0 Å². The lowest BCUT2D eigenvalue weighted by atomic mass is 9.96. The van der Waals surface area contributed by atoms with Gasteiger partial charge in [0.2, 0.25) is 0 Å². The molecule has 0 aromatic carbocycles. The SMILES string of the molecule is CCC(C)CN(CC)C1CC2CCC(C1)N2. The van der Waals surface area contributed by atoms with Crippen molar-refractivity contribution in [2.24, 2.45) is 5.92 Å². The number of nitrogens with zero attached hydrogens (tertiary/aromatic N) is 1. The van der Waals surface area contributed by atoms with Gasteiger partial charge in [0.1, 0.15) is 0 Å². The molecule has 2 rings (SSSR count). The number of rotatable bonds is 5. The maximum atomic E-state index is 3.74. The van der Waals surface area contributed by atoms with E-state index in [4.69, 9.17) is 0 Å². The summed E-state index contributed by atoms with van der Waals surface area (Å²) in [5, 5.41) is 3.74. The summed E-state index contributed by atoms with van der Waals surface area (Å²) in [5.41, 5.74) is 0. The van der Waals surface area contributed by atoms with E-state index < -0.39 is 0 Å². The van der Waals surface area contributed by atoms with Gasteiger partial charge in [0.25, 0.3) is 0 Å². The van der Waals surface area contributed by atoms with Gasteiger partial charge in [-0.15, -0.1) is 0 Å². The third-order valence-electron chi connectivity index (χ3n) is 4.61. The molecule has 0 aromatic rings. The zero-order valence-electron chi connectivity index (χ0n) is 11.2. The van der Waals surface area contributed by atoms with Crippen LogP contribution in [0.1, 0.15) is 52.9 Å². The first kappa shape index (κ1) is 12.4. The van der Waals surface area contributed by atoms with Crippen molar-refractivity contribution in [2.75, 3.05) is 13.1 Å². The second-order valence-corrected chi connectivity index (χ2v) is 5.86. The van der Waals surface area contributed by atoms with Crippen LogP contribution in [0.25, 0.3) is 0 Å². The van der Waals surface area contributed by atoms with Crippen LogP contribution in [-0.2, 0) is 0 Å². The first-order chi connectivity index (χ1) is 7.72. The molecule has 0 aliphatic carbocycles. The third-order valence-corrected chi connectivity index (χ3v) is 4.61. The Balaban J connectivity index is 1.88. The van der Waals surface area contributed by atoms with Gasteiger partial charge in [-0.25, -0.2) is 0 Å². The van der Waals surface area contributed by atoms with Gasteiger partial charge in [0, 0.05) is 24.7 Å². The molecule has 2 heterocycles. The molecular weight excluding hydrogens is 196 g/mol. The Labute approximate surface area is 101 Å². The molecule has 3 unspecified atom stereocenters. The number of hydrogen-bond acceptors (Lipinski definition) is 2. The molecule has 3 atom stereocenters. The van der Waals surface area contributed by atoms with E-state index in [-0.39, 0.29) is 0 Å². The van der Waals surface area contributed by atoms with Crippen LogP contribution < -0.4 is 5.32 Å². The molecule has 0 spiro atoms. The van der Waals surface area contributed by atoms with Gasteiger partial charge in [-0.2, -0.15) is 0 Å². The summed E-state index contributed by atoms with van der Waals surface area (Å²) >= 11 is 0. The first-order valence-corrected chi connectivity index (χ1v) is 7.23. The minimum absolute atomic E-state index is 0.828. The molecular formula is C14H28N2. The summed E-state index contributed by atoms with van der Waals surface area (Å²) in [4.78, 5) is 2.74. The van der Waals surface area contributed by atoms with Gasteiger partial charge in [-0.3, -0.25) is 0 Å². The number of hydrogen-bond donors (Lipinski definition) is 1. The summed E-state index contributed by atoms with van der Waals surface area (Å²) in [7, 11) is 0. The molecule has 0 aromatic heterocycles. The van der Waals surface area contributed by atoms with Crippen molar-refractivity contribution in [1.82, 2.24) is 10.2 Å². The monoisotopic (exact) mass is 224 g/mol. The maximum Gasteiger partial charge on any atom is 0.0125 e. The summed E-state index contributed by atoms with van der Waals surface area (Å²) in [6, 6.07) is 2.52. The van der Waals surface area contributed by atoms with E-state index in [9.17, 15) is 0 Å². The van der Waals surface area contributed by atoms with Gasteiger partial charge in [0.05, 0.1) is 0 Å². The lowest BCUT2D eigenvalue weighted by Crippen LogP contribution is -2.49. The minimum atomic E-state index is 0.828. The van der Waals surface area contributed by atoms with Gasteiger partial charge in [-0.05, 0) is 38.1 Å². The van der Waals surface area contributed by atoms with Gasteiger partial charge in [-0.1, -0.05) is 27.2 Å². The highest BCUT2D eigenvalue weighted by Gasteiger charge is 2.35. The summed E-state index contributed by atoms with van der Waals surface area (Å²) in [6.07, 6.45) is 6.93. The minimum Gasteiger partial charge on any atom is -0.311 e. The van der Waals surface area contributed by atoms with E-state index in [1.165, 1.54) is 45.2 Å². The van der Waals surface area contributed by atoms with E-state index in [1.807, 2.05) is 0 Å². The Kier molecular flexibility index (Phi) is 4.26. The van der Waals surface area contributed by atoms with Crippen molar-refractivity contribution in [1.29, 1.82) is 0 Å². The molecule has 0 amide bonds. The van der Waals surface area contributed by atoms with Crippen LogP contribution in [0.15, 0.2) is 0 Å². The highest BCUT2D eigenvalue weighted by molar-refractivity contribution is 4.95. The molecule has 94 valence electrons. The summed E-state index contributed by atoms with van der Waals surface area (Å²) in [5.74, 6) is 0.854. The number of nitrogens with one attached hydrogen (secondary N) is 1. The van der Waals surface area contributed by atoms with E-state index >= 15 is 0 Å². The van der Waals surface area contributed by atoms with Crippen LogP contribution in [0.2, 0.25) is 0 Å². The fraction of sp³-hybridized carbons (Fsp3) is 1.00. The van der Waals surface area contributed by atoms with Crippen LogP contribution >= 0.6 is 0 Å². The van der Waals surface area contributed by atoms with Crippen LogP contribution in [-0.4, -0.2) is 36.1 Å². The normalized spacial score (nSPS) is 35.6. The van der Waals surface area contributed by atoms with Crippen molar-refractivity contribution in [3.63, 3.8) is 0 Å². The van der Waals surface area contributed by atoms with E-state index in [1.54, 1.807) is 0 Å². The van der Waals surface area contributed by atoms with Crippen molar-refractivity contribution in [3.05, 3.63) is 0 Å². The second-order valence-electron chi connectivity index (χ2n) is 5.86. The largest absolute Gasteiger partial charge is 0.311 e. The summed E-state index contributed by atoms with van der Waals surface area (Å²) in [6.45, 7) is 9.56. The maximum absolute atomic E-state index is 3.74. The Morgan fingerprint density at radius 1 is 1.19 bits per heavy atom. The Bertz CT molecular complexity index is 205. The molecule has 16 heavy (non-hydrogen) atoms. The lowest BCUT2D eigenvalue weighted by Gasteiger charge is -2.38. The van der Waals surface area contributed by atoms with Crippen LogP contribution in [0.3, 0.4) is 0 Å². The average molecular weight is 224 g/mol.